The van der Waals surface area contributed by atoms with E-state index in [9.17, 15) is 0 Å². The van der Waals surface area contributed by atoms with Crippen LogP contribution in [0.5, 0.6) is 0 Å². The molecule has 3 aromatic rings. The van der Waals surface area contributed by atoms with E-state index >= 15 is 0 Å². The fraction of sp³-hybridized carbons (Fsp3) is 0.238. The van der Waals surface area contributed by atoms with Gasteiger partial charge in [0.25, 0.3) is 0 Å². The van der Waals surface area contributed by atoms with Crippen LogP contribution in [-0.4, -0.2) is 9.97 Å². The molecule has 0 unspecified atom stereocenters. The van der Waals surface area contributed by atoms with E-state index in [2.05, 4.69) is 83.8 Å². The molecule has 128 valence electrons. The maximum atomic E-state index is 4.50. The van der Waals surface area contributed by atoms with Crippen LogP contribution >= 0.6 is 0 Å². The van der Waals surface area contributed by atoms with Gasteiger partial charge in [0.05, 0.1) is 0 Å². The molecule has 0 aliphatic heterocycles. The van der Waals surface area contributed by atoms with E-state index in [4.69, 9.17) is 0 Å². The Morgan fingerprint density at radius 3 is 2.16 bits per heavy atom. The van der Waals surface area contributed by atoms with Crippen molar-refractivity contribution < 1.29 is 0 Å². The fourth-order valence-corrected chi connectivity index (χ4v) is 2.71. The molecule has 0 aliphatic rings. The average Bonchev–Trinajstić information content (AvgIpc) is 2.56. The van der Waals surface area contributed by atoms with Crippen LogP contribution in [-0.2, 0) is 6.54 Å². The molecule has 1 heterocycles. The Morgan fingerprint density at radius 1 is 0.760 bits per heavy atom. The molecule has 0 spiro atoms. The molecule has 0 amide bonds. The Bertz CT molecular complexity index is 870. The Hall–Kier alpha value is -2.88. The molecule has 0 saturated heterocycles. The minimum atomic E-state index is 0.736. The summed E-state index contributed by atoms with van der Waals surface area (Å²) in [5, 5.41) is 6.78. The second-order valence-electron chi connectivity index (χ2n) is 6.47. The number of nitrogens with zero attached hydrogens (tertiary/aromatic N) is 2. The highest BCUT2D eigenvalue weighted by Crippen LogP contribution is 2.22. The predicted molar refractivity (Wildman–Crippen MR) is 104 cm³/mol. The van der Waals surface area contributed by atoms with Crippen LogP contribution in [0.3, 0.4) is 0 Å². The summed E-state index contributed by atoms with van der Waals surface area (Å²) in [6.07, 6.45) is 0. The number of benzene rings is 2. The van der Waals surface area contributed by atoms with Gasteiger partial charge < -0.3 is 10.6 Å². The molecule has 3 rings (SSSR count). The molecule has 2 aromatic carbocycles. The van der Waals surface area contributed by atoms with E-state index in [1.165, 1.54) is 22.3 Å². The van der Waals surface area contributed by atoms with Crippen molar-refractivity contribution in [3.8, 4) is 0 Å². The number of rotatable bonds is 5. The quantitative estimate of drug-likeness (QED) is 0.685. The third-order valence-electron chi connectivity index (χ3n) is 4.08. The topological polar surface area (TPSA) is 49.8 Å². The minimum absolute atomic E-state index is 0.736. The smallest absolute Gasteiger partial charge is 0.136 e. The first-order valence-electron chi connectivity index (χ1n) is 8.49. The van der Waals surface area contributed by atoms with Crippen molar-refractivity contribution in [1.29, 1.82) is 0 Å². The van der Waals surface area contributed by atoms with Gasteiger partial charge in [-0.15, -0.1) is 0 Å². The molecule has 0 saturated carbocycles. The summed E-state index contributed by atoms with van der Waals surface area (Å²) in [7, 11) is 0. The van der Waals surface area contributed by atoms with Gasteiger partial charge in [-0.3, -0.25) is 0 Å². The largest absolute Gasteiger partial charge is 0.366 e. The highest BCUT2D eigenvalue weighted by Gasteiger charge is 2.05. The molecule has 0 aliphatic carbocycles. The predicted octanol–water partition coefficient (Wildman–Crippen LogP) is 5.07. The lowest BCUT2D eigenvalue weighted by molar-refractivity contribution is 1.02. The fourth-order valence-electron chi connectivity index (χ4n) is 2.71. The standard InChI is InChI=1S/C21H24N4/c1-14-5-8-18(9-6-14)13-22-20-12-21(24-17(4)23-20)25-19-10-7-15(2)11-16(19)3/h5-12H,13H2,1-4H3,(H2,22,23,24,25). The SMILES string of the molecule is Cc1ccc(CNc2cc(Nc3ccc(C)cc3C)nc(C)n2)cc1. The van der Waals surface area contributed by atoms with Crippen molar-refractivity contribution in [2.24, 2.45) is 0 Å². The van der Waals surface area contributed by atoms with Crippen LogP contribution in [0.4, 0.5) is 17.3 Å². The van der Waals surface area contributed by atoms with Crippen molar-refractivity contribution in [2.75, 3.05) is 10.6 Å². The van der Waals surface area contributed by atoms with Gasteiger partial charge in [0.15, 0.2) is 0 Å². The molecule has 0 radical (unpaired) electrons. The number of anilines is 3. The van der Waals surface area contributed by atoms with E-state index in [0.717, 1.165) is 29.7 Å². The van der Waals surface area contributed by atoms with Crippen LogP contribution in [0.2, 0.25) is 0 Å². The van der Waals surface area contributed by atoms with E-state index in [-0.39, 0.29) is 0 Å². The number of aryl methyl sites for hydroxylation is 4. The lowest BCUT2D eigenvalue weighted by atomic mass is 10.1. The molecular weight excluding hydrogens is 308 g/mol. The summed E-state index contributed by atoms with van der Waals surface area (Å²) in [6, 6.07) is 16.8. The maximum absolute atomic E-state index is 4.50. The minimum Gasteiger partial charge on any atom is -0.366 e. The molecular formula is C21H24N4. The van der Waals surface area contributed by atoms with Crippen molar-refractivity contribution in [3.63, 3.8) is 0 Å². The van der Waals surface area contributed by atoms with Crippen molar-refractivity contribution >= 4 is 17.3 Å². The summed E-state index contributed by atoms with van der Waals surface area (Å²) >= 11 is 0. The van der Waals surface area contributed by atoms with Crippen molar-refractivity contribution in [1.82, 2.24) is 9.97 Å². The highest BCUT2D eigenvalue weighted by molar-refractivity contribution is 5.63. The lowest BCUT2D eigenvalue weighted by Crippen LogP contribution is -2.05. The van der Waals surface area contributed by atoms with Crippen LogP contribution in [0.15, 0.2) is 48.5 Å². The second kappa shape index (κ2) is 7.34. The van der Waals surface area contributed by atoms with Crippen LogP contribution in [0, 0.1) is 27.7 Å². The Morgan fingerprint density at radius 2 is 1.44 bits per heavy atom. The number of nitrogens with one attached hydrogen (secondary N) is 2. The maximum Gasteiger partial charge on any atom is 0.136 e. The summed E-state index contributed by atoms with van der Waals surface area (Å²) < 4.78 is 0. The zero-order valence-electron chi connectivity index (χ0n) is 15.2. The molecule has 0 bridgehead atoms. The zero-order chi connectivity index (χ0) is 17.8. The molecule has 1 aromatic heterocycles. The van der Waals surface area contributed by atoms with Gasteiger partial charge in [-0.1, -0.05) is 47.5 Å². The monoisotopic (exact) mass is 332 g/mol. The van der Waals surface area contributed by atoms with Gasteiger partial charge in [0, 0.05) is 18.3 Å². The molecule has 2 N–H and O–H groups in total. The second-order valence-corrected chi connectivity index (χ2v) is 6.47. The Balaban J connectivity index is 1.74. The summed E-state index contributed by atoms with van der Waals surface area (Å²) in [5.74, 6) is 2.35. The Kier molecular flexibility index (Phi) is 4.98. The van der Waals surface area contributed by atoms with Gasteiger partial charge in [-0.05, 0) is 44.9 Å². The van der Waals surface area contributed by atoms with E-state index in [1.54, 1.807) is 0 Å². The zero-order valence-corrected chi connectivity index (χ0v) is 15.2. The van der Waals surface area contributed by atoms with E-state index in [1.807, 2.05) is 13.0 Å². The van der Waals surface area contributed by atoms with E-state index in [0.29, 0.717) is 0 Å². The average molecular weight is 332 g/mol. The van der Waals surface area contributed by atoms with Gasteiger partial charge >= 0.3 is 0 Å². The van der Waals surface area contributed by atoms with Crippen LogP contribution < -0.4 is 10.6 Å². The lowest BCUT2D eigenvalue weighted by Gasteiger charge is -2.12. The summed E-state index contributed by atoms with van der Waals surface area (Å²) in [4.78, 5) is 8.98. The first kappa shape index (κ1) is 17.0. The van der Waals surface area contributed by atoms with Crippen molar-refractivity contribution in [2.45, 2.75) is 34.2 Å². The van der Waals surface area contributed by atoms with Crippen molar-refractivity contribution in [3.05, 3.63) is 76.6 Å². The van der Waals surface area contributed by atoms with Gasteiger partial charge in [0.1, 0.15) is 17.5 Å². The first-order chi connectivity index (χ1) is 12.0. The number of hydrogen-bond donors (Lipinski definition) is 2. The van der Waals surface area contributed by atoms with Crippen LogP contribution in [0.1, 0.15) is 28.1 Å². The highest BCUT2D eigenvalue weighted by atomic mass is 15.1. The third-order valence-corrected chi connectivity index (χ3v) is 4.08. The molecule has 0 atom stereocenters. The molecule has 4 heteroatoms. The summed E-state index contributed by atoms with van der Waals surface area (Å²) in [5.41, 5.74) is 6.01. The molecule has 25 heavy (non-hydrogen) atoms. The normalized spacial score (nSPS) is 10.6. The Labute approximate surface area is 149 Å². The number of hydrogen-bond acceptors (Lipinski definition) is 4. The number of aromatic nitrogens is 2. The van der Waals surface area contributed by atoms with Gasteiger partial charge in [-0.2, -0.15) is 0 Å². The summed E-state index contributed by atoms with van der Waals surface area (Å²) in [6.45, 7) is 8.93. The van der Waals surface area contributed by atoms with Crippen LogP contribution in [0.25, 0.3) is 0 Å². The first-order valence-corrected chi connectivity index (χ1v) is 8.49. The van der Waals surface area contributed by atoms with Gasteiger partial charge in [0.2, 0.25) is 0 Å². The van der Waals surface area contributed by atoms with E-state index < -0.39 is 0 Å². The van der Waals surface area contributed by atoms with Gasteiger partial charge in [-0.25, -0.2) is 9.97 Å². The third kappa shape index (κ3) is 4.57. The molecule has 0 fully saturated rings. The molecule has 4 nitrogen and oxygen atoms in total.